The molecule has 0 unspecified atom stereocenters. The van der Waals surface area contributed by atoms with Crippen molar-refractivity contribution in [3.63, 3.8) is 0 Å². The van der Waals surface area contributed by atoms with Gasteiger partial charge in [0.15, 0.2) is 22.9 Å². The maximum atomic E-state index is 10.2. The van der Waals surface area contributed by atoms with Crippen molar-refractivity contribution in [2.75, 3.05) is 19.8 Å². The molecule has 0 bridgehead atoms. The molecule has 1 aliphatic heterocycles. The van der Waals surface area contributed by atoms with E-state index in [0.717, 1.165) is 5.56 Å². The van der Waals surface area contributed by atoms with Crippen LogP contribution < -0.4 is 0 Å². The Kier molecular flexibility index (Phi) is 10.8. The Morgan fingerprint density at radius 3 is 2.11 bits per heavy atom. The average Bonchev–Trinajstić information content (AvgIpc) is 2.79. The molecule has 1 saturated heterocycles. The quantitative estimate of drug-likeness (QED) is 0.258. The molecule has 6 nitrogen and oxygen atoms in total. The van der Waals surface area contributed by atoms with Crippen LogP contribution in [0.15, 0.2) is 43.0 Å². The van der Waals surface area contributed by atoms with Crippen LogP contribution in [0, 0.1) is 0 Å². The fourth-order valence-electron chi connectivity index (χ4n) is 3.38. The van der Waals surface area contributed by atoms with Crippen LogP contribution in [0.5, 0.6) is 0 Å². The molecule has 1 aliphatic rings. The third-order valence-electron chi connectivity index (χ3n) is 7.98. The molecule has 5 atom stereocenters. The minimum absolute atomic E-state index is 0.0344. The van der Waals surface area contributed by atoms with Gasteiger partial charge in [-0.15, -0.1) is 6.58 Å². The first-order chi connectivity index (χ1) is 16.5. The Morgan fingerprint density at radius 2 is 1.61 bits per heavy atom. The molecule has 0 aromatic heterocycles. The van der Waals surface area contributed by atoms with E-state index in [1.807, 2.05) is 36.4 Å². The second-order valence-electron chi connectivity index (χ2n) is 12.8. The van der Waals surface area contributed by atoms with Crippen LogP contribution in [0.25, 0.3) is 0 Å². The first-order valence-corrected chi connectivity index (χ1v) is 18.9. The summed E-state index contributed by atoms with van der Waals surface area (Å²) in [5.74, 6) is 0. The molecule has 0 aliphatic carbocycles. The predicted molar refractivity (Wildman–Crippen MR) is 151 cm³/mol. The Balaban J connectivity index is 2.25. The van der Waals surface area contributed by atoms with Crippen molar-refractivity contribution in [3.8, 4) is 0 Å². The summed E-state index contributed by atoms with van der Waals surface area (Å²) in [4.78, 5) is 0. The minimum Gasteiger partial charge on any atom is -0.414 e. The molecule has 1 aromatic carbocycles. The SMILES string of the molecule is C=C[C@@H](O[Si](C)(C)C(C)(C)C)[C@H](CO[Si](C)(C)C(C)(C)C)O[C@@H]1CO[C@@H](c2ccccc2)O[C@H]1CO. The maximum Gasteiger partial charge on any atom is 0.193 e. The summed E-state index contributed by atoms with van der Waals surface area (Å²) in [6, 6.07) is 9.75. The second kappa shape index (κ2) is 12.3. The highest BCUT2D eigenvalue weighted by Gasteiger charge is 2.44. The third kappa shape index (κ3) is 8.07. The van der Waals surface area contributed by atoms with Crippen molar-refractivity contribution >= 4 is 16.6 Å². The zero-order valence-electron chi connectivity index (χ0n) is 24.2. The van der Waals surface area contributed by atoms with Crippen LogP contribution in [0.2, 0.25) is 36.3 Å². The van der Waals surface area contributed by atoms with Crippen LogP contribution in [-0.2, 0) is 23.1 Å². The standard InChI is InChI=1S/C28H50O6Si2/c1-12-22(34-36(10,11)28(5,6)7)25(20-31-35(8,9)27(2,3)4)32-24-19-30-26(33-23(24)18-29)21-16-14-13-15-17-21/h12-17,22-26,29H,1,18-20H2,2-11H3/t22-,23+,24-,25+,26-/m1/s1. The van der Waals surface area contributed by atoms with Gasteiger partial charge in [0.25, 0.3) is 0 Å². The zero-order chi connectivity index (χ0) is 27.4. The molecule has 0 spiro atoms. The number of hydrogen-bond donors (Lipinski definition) is 1. The largest absolute Gasteiger partial charge is 0.414 e. The fourth-order valence-corrected chi connectivity index (χ4v) is 5.68. The van der Waals surface area contributed by atoms with Gasteiger partial charge in [0.05, 0.1) is 25.9 Å². The van der Waals surface area contributed by atoms with Crippen LogP contribution in [0.1, 0.15) is 53.4 Å². The lowest BCUT2D eigenvalue weighted by Crippen LogP contribution is -2.53. The van der Waals surface area contributed by atoms with Crippen LogP contribution >= 0.6 is 0 Å². The van der Waals surface area contributed by atoms with E-state index in [1.54, 1.807) is 0 Å². The van der Waals surface area contributed by atoms with E-state index < -0.39 is 41.2 Å². The van der Waals surface area contributed by atoms with E-state index in [0.29, 0.717) is 13.2 Å². The molecule has 0 radical (unpaired) electrons. The van der Waals surface area contributed by atoms with Gasteiger partial charge in [-0.1, -0.05) is 78.0 Å². The molecule has 0 amide bonds. The highest BCUT2D eigenvalue weighted by Crippen LogP contribution is 2.40. The van der Waals surface area contributed by atoms with Gasteiger partial charge in [-0.25, -0.2) is 0 Å². The van der Waals surface area contributed by atoms with Crippen LogP contribution in [0.4, 0.5) is 0 Å². The summed E-state index contributed by atoms with van der Waals surface area (Å²) in [5, 5.41) is 10.3. The van der Waals surface area contributed by atoms with Gasteiger partial charge in [-0.2, -0.15) is 0 Å². The monoisotopic (exact) mass is 538 g/mol. The molecule has 1 aromatic rings. The van der Waals surface area contributed by atoms with Crippen molar-refractivity contribution in [2.45, 2.75) is 109 Å². The van der Waals surface area contributed by atoms with Crippen molar-refractivity contribution < 1.29 is 28.2 Å². The van der Waals surface area contributed by atoms with E-state index in [9.17, 15) is 5.11 Å². The normalized spacial score (nSPS) is 23.8. The summed E-state index contributed by atoms with van der Waals surface area (Å²) in [7, 11) is -4.15. The van der Waals surface area contributed by atoms with Gasteiger partial charge >= 0.3 is 0 Å². The van der Waals surface area contributed by atoms with Crippen LogP contribution in [-0.4, -0.2) is 66.0 Å². The summed E-state index contributed by atoms with van der Waals surface area (Å²) < 4.78 is 32.1. The highest BCUT2D eigenvalue weighted by atomic mass is 28.4. The Morgan fingerprint density at radius 1 is 1.03 bits per heavy atom. The predicted octanol–water partition coefficient (Wildman–Crippen LogP) is 6.44. The van der Waals surface area contributed by atoms with Crippen molar-refractivity contribution in [2.24, 2.45) is 0 Å². The van der Waals surface area contributed by atoms with Gasteiger partial charge in [0, 0.05) is 5.56 Å². The number of hydrogen-bond acceptors (Lipinski definition) is 6. The van der Waals surface area contributed by atoms with Gasteiger partial charge in [0.2, 0.25) is 0 Å². The molecule has 206 valence electrons. The number of benzene rings is 1. The molecule has 1 fully saturated rings. The highest BCUT2D eigenvalue weighted by molar-refractivity contribution is 6.74. The number of rotatable bonds is 11. The second-order valence-corrected chi connectivity index (χ2v) is 22.4. The van der Waals surface area contributed by atoms with E-state index >= 15 is 0 Å². The third-order valence-corrected chi connectivity index (χ3v) is 17.0. The lowest BCUT2D eigenvalue weighted by molar-refractivity contribution is -0.282. The lowest BCUT2D eigenvalue weighted by atomic mass is 10.1. The van der Waals surface area contributed by atoms with Crippen molar-refractivity contribution in [3.05, 3.63) is 48.6 Å². The Labute approximate surface area is 221 Å². The smallest absolute Gasteiger partial charge is 0.193 e. The summed E-state index contributed by atoms with van der Waals surface area (Å²) >= 11 is 0. The number of aliphatic hydroxyl groups is 1. The molecule has 1 N–H and O–H groups in total. The van der Waals surface area contributed by atoms with E-state index in [-0.39, 0.29) is 22.8 Å². The van der Waals surface area contributed by atoms with E-state index in [1.165, 1.54) is 0 Å². The maximum absolute atomic E-state index is 10.2. The Bertz CT molecular complexity index is 816. The van der Waals surface area contributed by atoms with E-state index in [4.69, 9.17) is 23.1 Å². The van der Waals surface area contributed by atoms with Crippen molar-refractivity contribution in [1.82, 2.24) is 0 Å². The minimum atomic E-state index is -2.12. The van der Waals surface area contributed by atoms with Gasteiger partial charge < -0.3 is 28.2 Å². The summed E-state index contributed by atoms with van der Waals surface area (Å²) in [6.07, 6.45) is -0.479. The van der Waals surface area contributed by atoms with Gasteiger partial charge in [-0.05, 0) is 36.3 Å². The number of ether oxygens (including phenoxy) is 3. The molecule has 0 saturated carbocycles. The summed E-state index contributed by atoms with van der Waals surface area (Å²) in [6.45, 7) is 26.8. The molecule has 8 heteroatoms. The molecule has 2 rings (SSSR count). The number of aliphatic hydroxyl groups excluding tert-OH is 1. The van der Waals surface area contributed by atoms with E-state index in [2.05, 4.69) is 74.3 Å². The van der Waals surface area contributed by atoms with Gasteiger partial charge in [-0.3, -0.25) is 0 Å². The molecular formula is C28H50O6Si2. The average molecular weight is 539 g/mol. The van der Waals surface area contributed by atoms with Crippen molar-refractivity contribution in [1.29, 1.82) is 0 Å². The first-order valence-electron chi connectivity index (χ1n) is 13.0. The topological polar surface area (TPSA) is 66.4 Å². The first kappa shape index (κ1) is 31.4. The van der Waals surface area contributed by atoms with Gasteiger partial charge in [0.1, 0.15) is 18.3 Å². The molecular weight excluding hydrogens is 488 g/mol. The fraction of sp³-hybridized carbons (Fsp3) is 0.714. The molecule has 1 heterocycles. The lowest BCUT2D eigenvalue weighted by Gasteiger charge is -2.44. The van der Waals surface area contributed by atoms with Crippen LogP contribution in [0.3, 0.4) is 0 Å². The zero-order valence-corrected chi connectivity index (χ0v) is 26.2. The summed E-state index contributed by atoms with van der Waals surface area (Å²) in [5.41, 5.74) is 0.914. The molecule has 36 heavy (non-hydrogen) atoms. The Hall–Kier alpha value is -0.846.